The number of hydrogen-bond donors (Lipinski definition) is 1. The predicted octanol–water partition coefficient (Wildman–Crippen LogP) is 3.34. The van der Waals surface area contributed by atoms with Crippen molar-refractivity contribution in [3.05, 3.63) is 78.6 Å². The number of carbonyl (C=O) groups excluding carboxylic acids is 2. The van der Waals surface area contributed by atoms with Gasteiger partial charge in [0.05, 0.1) is 18.3 Å². The second-order valence-electron chi connectivity index (χ2n) is 7.15. The van der Waals surface area contributed by atoms with Crippen LogP contribution in [0.5, 0.6) is 0 Å². The summed E-state index contributed by atoms with van der Waals surface area (Å²) in [5.41, 5.74) is 1.40. The molecule has 6 heteroatoms. The van der Waals surface area contributed by atoms with Crippen LogP contribution >= 0.6 is 0 Å². The standard InChI is InChI=1S/C24H26O6/c1-2-23(26)28-13-7-6-10-19(25)16-29-20-12-11-18-14-21(17-8-4-3-5-9-17)24(27)30-22(18)15-20/h2-5,8-9,11-12,14-15,18-19,22,25H,1,6-7,10,13,16H2. The Morgan fingerprint density at radius 2 is 2.03 bits per heavy atom. The number of hydrogen-bond acceptors (Lipinski definition) is 6. The summed E-state index contributed by atoms with van der Waals surface area (Å²) in [6, 6.07) is 9.44. The van der Waals surface area contributed by atoms with Crippen LogP contribution in [-0.4, -0.2) is 42.5 Å². The number of fused-ring (bicyclic) bond motifs is 1. The Kier molecular flexibility index (Phi) is 7.63. The third-order valence-electron chi connectivity index (χ3n) is 4.88. The molecule has 0 fully saturated rings. The smallest absolute Gasteiger partial charge is 0.339 e. The van der Waals surface area contributed by atoms with Gasteiger partial charge in [-0.3, -0.25) is 0 Å². The van der Waals surface area contributed by atoms with Gasteiger partial charge in [0.15, 0.2) is 0 Å². The van der Waals surface area contributed by atoms with Crippen molar-refractivity contribution in [2.24, 2.45) is 5.92 Å². The SMILES string of the molecule is C=CC(=O)OCCCCC(O)COC1=CC2OC(=O)C(c3ccccc3)=CC2C=C1. The number of unbranched alkanes of at least 4 members (excludes halogenated alkanes) is 1. The molecule has 0 radical (unpaired) electrons. The molecule has 6 nitrogen and oxygen atoms in total. The molecule has 0 saturated carbocycles. The molecule has 0 saturated heterocycles. The average Bonchev–Trinajstić information content (AvgIpc) is 2.77. The van der Waals surface area contributed by atoms with E-state index in [0.29, 0.717) is 37.2 Å². The molecule has 30 heavy (non-hydrogen) atoms. The van der Waals surface area contributed by atoms with Gasteiger partial charge in [0, 0.05) is 12.0 Å². The fourth-order valence-corrected chi connectivity index (χ4v) is 3.27. The highest BCUT2D eigenvalue weighted by atomic mass is 16.5. The highest BCUT2D eigenvalue weighted by molar-refractivity contribution is 6.17. The first-order valence-corrected chi connectivity index (χ1v) is 10.0. The molecular formula is C24H26O6. The van der Waals surface area contributed by atoms with Gasteiger partial charge in [-0.15, -0.1) is 0 Å². The zero-order chi connectivity index (χ0) is 21.3. The lowest BCUT2D eigenvalue weighted by Gasteiger charge is -2.29. The van der Waals surface area contributed by atoms with Crippen LogP contribution in [0.1, 0.15) is 24.8 Å². The Morgan fingerprint density at radius 3 is 2.80 bits per heavy atom. The summed E-state index contributed by atoms with van der Waals surface area (Å²) in [6.45, 7) is 3.77. The molecule has 3 atom stereocenters. The number of aliphatic hydroxyl groups excluding tert-OH is 1. The Morgan fingerprint density at radius 1 is 1.23 bits per heavy atom. The van der Waals surface area contributed by atoms with Gasteiger partial charge in [-0.2, -0.15) is 0 Å². The molecule has 0 spiro atoms. The van der Waals surface area contributed by atoms with E-state index >= 15 is 0 Å². The molecule has 1 aromatic carbocycles. The normalized spacial score (nSPS) is 20.9. The van der Waals surface area contributed by atoms with Gasteiger partial charge in [0.25, 0.3) is 0 Å². The van der Waals surface area contributed by atoms with Crippen LogP contribution in [0.3, 0.4) is 0 Å². The highest BCUT2D eigenvalue weighted by Crippen LogP contribution is 2.31. The van der Waals surface area contributed by atoms with Gasteiger partial charge in [-0.25, -0.2) is 9.59 Å². The van der Waals surface area contributed by atoms with Crippen LogP contribution in [0.15, 0.2) is 73.1 Å². The third-order valence-corrected chi connectivity index (χ3v) is 4.88. The van der Waals surface area contributed by atoms with E-state index in [1.807, 2.05) is 48.6 Å². The minimum atomic E-state index is -0.634. The van der Waals surface area contributed by atoms with Crippen LogP contribution < -0.4 is 0 Å². The van der Waals surface area contributed by atoms with E-state index in [0.717, 1.165) is 11.6 Å². The number of carbonyl (C=O) groups is 2. The van der Waals surface area contributed by atoms with Crippen LogP contribution in [0.2, 0.25) is 0 Å². The van der Waals surface area contributed by atoms with E-state index in [-0.39, 0.29) is 18.5 Å². The quantitative estimate of drug-likeness (QED) is 0.362. The lowest BCUT2D eigenvalue weighted by atomic mass is 9.90. The maximum Gasteiger partial charge on any atom is 0.339 e. The number of ether oxygens (including phenoxy) is 3. The molecule has 1 aromatic rings. The zero-order valence-corrected chi connectivity index (χ0v) is 16.7. The molecule has 0 bridgehead atoms. The Hall–Kier alpha value is -3.12. The monoisotopic (exact) mass is 410 g/mol. The van der Waals surface area contributed by atoms with Crippen molar-refractivity contribution < 1.29 is 28.9 Å². The van der Waals surface area contributed by atoms with E-state index in [9.17, 15) is 14.7 Å². The first kappa shape index (κ1) is 21.6. The Bertz CT molecular complexity index is 852. The average molecular weight is 410 g/mol. The molecular weight excluding hydrogens is 384 g/mol. The molecule has 1 N–H and O–H groups in total. The van der Waals surface area contributed by atoms with E-state index in [4.69, 9.17) is 14.2 Å². The molecule has 3 rings (SSSR count). The summed E-state index contributed by atoms with van der Waals surface area (Å²) in [6.07, 6.45) is 9.44. The maximum atomic E-state index is 12.4. The van der Waals surface area contributed by atoms with Gasteiger partial charge >= 0.3 is 11.9 Å². The number of aliphatic hydroxyl groups is 1. The van der Waals surface area contributed by atoms with Gasteiger partial charge < -0.3 is 19.3 Å². The summed E-state index contributed by atoms with van der Waals surface area (Å²) in [4.78, 5) is 23.3. The van der Waals surface area contributed by atoms with Gasteiger partial charge in [0.1, 0.15) is 18.5 Å². The predicted molar refractivity (Wildman–Crippen MR) is 112 cm³/mol. The number of esters is 2. The highest BCUT2D eigenvalue weighted by Gasteiger charge is 2.31. The van der Waals surface area contributed by atoms with E-state index in [1.165, 1.54) is 0 Å². The molecule has 0 amide bonds. The molecule has 0 aromatic heterocycles. The molecule has 2 aliphatic rings. The second-order valence-corrected chi connectivity index (χ2v) is 7.15. The van der Waals surface area contributed by atoms with Crippen LogP contribution in [0.25, 0.3) is 5.57 Å². The van der Waals surface area contributed by atoms with Gasteiger partial charge in [0.2, 0.25) is 0 Å². The Balaban J connectivity index is 1.45. The number of rotatable bonds is 10. The van der Waals surface area contributed by atoms with Crippen molar-refractivity contribution in [3.63, 3.8) is 0 Å². The summed E-state index contributed by atoms with van der Waals surface area (Å²) >= 11 is 0. The third kappa shape index (κ3) is 5.94. The fourth-order valence-electron chi connectivity index (χ4n) is 3.27. The molecule has 3 unspecified atom stereocenters. The van der Waals surface area contributed by atoms with Crippen LogP contribution in [-0.2, 0) is 23.8 Å². The van der Waals surface area contributed by atoms with Crippen LogP contribution in [0, 0.1) is 5.92 Å². The Labute approximate surface area is 176 Å². The topological polar surface area (TPSA) is 82.1 Å². The summed E-state index contributed by atoms with van der Waals surface area (Å²) < 4.78 is 16.1. The van der Waals surface area contributed by atoms with Crippen molar-refractivity contribution in [1.29, 1.82) is 0 Å². The molecule has 1 aliphatic heterocycles. The second kappa shape index (κ2) is 10.6. The molecule has 1 heterocycles. The van der Waals surface area contributed by atoms with Gasteiger partial charge in [-0.05, 0) is 37.0 Å². The fraction of sp³-hybridized carbons (Fsp3) is 0.333. The van der Waals surface area contributed by atoms with Gasteiger partial charge in [-0.1, -0.05) is 49.1 Å². The molecule has 158 valence electrons. The summed E-state index contributed by atoms with van der Waals surface area (Å²) in [5, 5.41) is 10.1. The lowest BCUT2D eigenvalue weighted by molar-refractivity contribution is -0.142. The van der Waals surface area contributed by atoms with E-state index in [1.54, 1.807) is 6.08 Å². The maximum absolute atomic E-state index is 12.4. The van der Waals surface area contributed by atoms with Crippen molar-refractivity contribution in [2.75, 3.05) is 13.2 Å². The number of benzene rings is 1. The van der Waals surface area contributed by atoms with Crippen molar-refractivity contribution in [1.82, 2.24) is 0 Å². The van der Waals surface area contributed by atoms with Crippen molar-refractivity contribution in [2.45, 2.75) is 31.5 Å². The van der Waals surface area contributed by atoms with Crippen molar-refractivity contribution in [3.8, 4) is 0 Å². The minimum Gasteiger partial charge on any atom is -0.491 e. The van der Waals surface area contributed by atoms with Crippen LogP contribution in [0.4, 0.5) is 0 Å². The largest absolute Gasteiger partial charge is 0.491 e. The lowest BCUT2D eigenvalue weighted by Crippen LogP contribution is -2.30. The zero-order valence-electron chi connectivity index (χ0n) is 16.7. The van der Waals surface area contributed by atoms with E-state index < -0.39 is 18.2 Å². The van der Waals surface area contributed by atoms with E-state index in [2.05, 4.69) is 6.58 Å². The first-order chi connectivity index (χ1) is 14.6. The summed E-state index contributed by atoms with van der Waals surface area (Å²) in [5.74, 6) is -0.277. The molecule has 1 aliphatic carbocycles. The minimum absolute atomic E-state index is 0.0477. The van der Waals surface area contributed by atoms with Crippen molar-refractivity contribution >= 4 is 17.5 Å². The summed E-state index contributed by atoms with van der Waals surface area (Å²) in [7, 11) is 0. The first-order valence-electron chi connectivity index (χ1n) is 10.0. The number of allylic oxidation sites excluding steroid dienone is 1.